The SMILES string of the molecule is COc1cc2sc(Nc3ccccc3)nc2cc1C(C)(C)C. The summed E-state index contributed by atoms with van der Waals surface area (Å²) < 4.78 is 6.69. The largest absolute Gasteiger partial charge is 0.496 e. The Morgan fingerprint density at radius 1 is 1.09 bits per heavy atom. The summed E-state index contributed by atoms with van der Waals surface area (Å²) >= 11 is 1.64. The standard InChI is InChI=1S/C18H20N2OS/c1-18(2,3)13-10-14-16(11-15(13)21-4)22-17(20-14)19-12-8-6-5-7-9-12/h5-11H,1-4H3,(H,19,20). The van der Waals surface area contributed by atoms with Gasteiger partial charge in [0.25, 0.3) is 0 Å². The van der Waals surface area contributed by atoms with Gasteiger partial charge in [0.2, 0.25) is 0 Å². The number of rotatable bonds is 3. The normalized spacial score (nSPS) is 11.6. The van der Waals surface area contributed by atoms with Crippen molar-refractivity contribution in [3.63, 3.8) is 0 Å². The zero-order valence-corrected chi connectivity index (χ0v) is 14.1. The van der Waals surface area contributed by atoms with Crippen molar-refractivity contribution < 1.29 is 4.74 Å². The fourth-order valence-electron chi connectivity index (χ4n) is 2.41. The van der Waals surface area contributed by atoms with E-state index in [0.717, 1.165) is 26.8 Å². The highest BCUT2D eigenvalue weighted by atomic mass is 32.1. The summed E-state index contributed by atoms with van der Waals surface area (Å²) in [6.45, 7) is 6.56. The lowest BCUT2D eigenvalue weighted by atomic mass is 9.86. The van der Waals surface area contributed by atoms with Gasteiger partial charge in [-0.1, -0.05) is 50.3 Å². The number of methoxy groups -OCH3 is 1. The van der Waals surface area contributed by atoms with Gasteiger partial charge in [0.1, 0.15) is 5.75 Å². The van der Waals surface area contributed by atoms with Gasteiger partial charge in [-0.25, -0.2) is 4.98 Å². The summed E-state index contributed by atoms with van der Waals surface area (Å²) in [5, 5.41) is 4.25. The summed E-state index contributed by atoms with van der Waals surface area (Å²) in [7, 11) is 1.72. The van der Waals surface area contributed by atoms with Gasteiger partial charge >= 0.3 is 0 Å². The molecule has 0 aliphatic rings. The predicted octanol–water partition coefficient (Wildman–Crippen LogP) is 5.35. The first-order chi connectivity index (χ1) is 10.5. The number of aromatic nitrogens is 1. The van der Waals surface area contributed by atoms with Crippen molar-refractivity contribution in [1.82, 2.24) is 4.98 Å². The first kappa shape index (κ1) is 14.9. The third-order valence-electron chi connectivity index (χ3n) is 3.54. The van der Waals surface area contributed by atoms with Crippen LogP contribution in [0.1, 0.15) is 26.3 Å². The highest BCUT2D eigenvalue weighted by molar-refractivity contribution is 7.22. The Balaban J connectivity index is 2.03. The highest BCUT2D eigenvalue weighted by Gasteiger charge is 2.20. The Morgan fingerprint density at radius 2 is 1.82 bits per heavy atom. The third-order valence-corrected chi connectivity index (χ3v) is 4.48. The minimum atomic E-state index is 0.0240. The maximum atomic E-state index is 5.57. The quantitative estimate of drug-likeness (QED) is 0.708. The van der Waals surface area contributed by atoms with Crippen LogP contribution in [0, 0.1) is 0 Å². The number of fused-ring (bicyclic) bond motifs is 1. The second-order valence-corrected chi connectivity index (χ2v) is 7.31. The van der Waals surface area contributed by atoms with Gasteiger partial charge in [0.05, 0.1) is 17.3 Å². The first-order valence-corrected chi connectivity index (χ1v) is 8.10. The number of benzene rings is 2. The summed E-state index contributed by atoms with van der Waals surface area (Å²) in [4.78, 5) is 4.71. The molecular formula is C18H20N2OS. The summed E-state index contributed by atoms with van der Waals surface area (Å²) in [6, 6.07) is 14.3. The van der Waals surface area contributed by atoms with Crippen LogP contribution in [0.3, 0.4) is 0 Å². The van der Waals surface area contributed by atoms with Crippen molar-refractivity contribution in [3.8, 4) is 5.75 Å². The van der Waals surface area contributed by atoms with E-state index in [1.165, 1.54) is 5.56 Å². The average Bonchev–Trinajstić information content (AvgIpc) is 2.87. The molecule has 1 aromatic heterocycles. The molecule has 0 unspecified atom stereocenters. The molecule has 0 atom stereocenters. The van der Waals surface area contributed by atoms with Crippen molar-refractivity contribution in [1.29, 1.82) is 0 Å². The molecule has 0 spiro atoms. The Kier molecular flexibility index (Phi) is 3.79. The van der Waals surface area contributed by atoms with Crippen molar-refractivity contribution in [2.75, 3.05) is 12.4 Å². The van der Waals surface area contributed by atoms with E-state index in [2.05, 4.69) is 38.2 Å². The van der Waals surface area contributed by atoms with E-state index in [9.17, 15) is 0 Å². The molecule has 0 aliphatic heterocycles. The van der Waals surface area contributed by atoms with E-state index in [4.69, 9.17) is 9.72 Å². The molecule has 4 heteroatoms. The Morgan fingerprint density at radius 3 is 2.45 bits per heavy atom. The molecule has 0 radical (unpaired) electrons. The molecule has 0 bridgehead atoms. The number of anilines is 2. The number of nitrogens with one attached hydrogen (secondary N) is 1. The van der Waals surface area contributed by atoms with E-state index >= 15 is 0 Å². The number of hydrogen-bond donors (Lipinski definition) is 1. The summed E-state index contributed by atoms with van der Waals surface area (Å²) in [5.41, 5.74) is 3.26. The fourth-order valence-corrected chi connectivity index (χ4v) is 3.30. The Bertz CT molecular complexity index is 788. The first-order valence-electron chi connectivity index (χ1n) is 7.28. The van der Waals surface area contributed by atoms with Crippen LogP contribution in [-0.4, -0.2) is 12.1 Å². The molecule has 0 amide bonds. The minimum Gasteiger partial charge on any atom is -0.496 e. The summed E-state index contributed by atoms with van der Waals surface area (Å²) in [6.07, 6.45) is 0. The molecule has 22 heavy (non-hydrogen) atoms. The molecule has 1 N–H and O–H groups in total. The van der Waals surface area contributed by atoms with Gasteiger partial charge in [-0.05, 0) is 29.7 Å². The van der Waals surface area contributed by atoms with Crippen molar-refractivity contribution in [2.45, 2.75) is 26.2 Å². The molecule has 0 aliphatic carbocycles. The van der Waals surface area contributed by atoms with Crippen LogP contribution in [0.2, 0.25) is 0 Å². The molecule has 3 nitrogen and oxygen atoms in total. The lowest BCUT2D eigenvalue weighted by Gasteiger charge is -2.21. The topological polar surface area (TPSA) is 34.1 Å². The minimum absolute atomic E-state index is 0.0240. The molecule has 0 saturated carbocycles. The zero-order chi connectivity index (χ0) is 15.7. The predicted molar refractivity (Wildman–Crippen MR) is 94.6 cm³/mol. The Hall–Kier alpha value is -2.07. The van der Waals surface area contributed by atoms with E-state index in [1.54, 1.807) is 18.4 Å². The maximum absolute atomic E-state index is 5.57. The monoisotopic (exact) mass is 312 g/mol. The van der Waals surface area contributed by atoms with E-state index in [1.807, 2.05) is 30.3 Å². The van der Waals surface area contributed by atoms with E-state index in [0.29, 0.717) is 0 Å². The van der Waals surface area contributed by atoms with Crippen LogP contribution in [0.4, 0.5) is 10.8 Å². The van der Waals surface area contributed by atoms with Gasteiger partial charge in [-0.3, -0.25) is 0 Å². The van der Waals surface area contributed by atoms with Gasteiger partial charge in [-0.2, -0.15) is 0 Å². The number of nitrogens with zero attached hydrogens (tertiary/aromatic N) is 1. The van der Waals surface area contributed by atoms with Crippen LogP contribution >= 0.6 is 11.3 Å². The van der Waals surface area contributed by atoms with Gasteiger partial charge in [-0.15, -0.1) is 0 Å². The van der Waals surface area contributed by atoms with Crippen LogP contribution in [0.25, 0.3) is 10.2 Å². The molecule has 0 saturated heterocycles. The molecular weight excluding hydrogens is 292 g/mol. The van der Waals surface area contributed by atoms with E-state index in [-0.39, 0.29) is 5.41 Å². The van der Waals surface area contributed by atoms with Gasteiger partial charge in [0, 0.05) is 11.3 Å². The van der Waals surface area contributed by atoms with Crippen LogP contribution in [-0.2, 0) is 5.41 Å². The van der Waals surface area contributed by atoms with Crippen molar-refractivity contribution >= 4 is 32.4 Å². The lowest BCUT2D eigenvalue weighted by molar-refractivity contribution is 0.398. The van der Waals surface area contributed by atoms with Gasteiger partial charge < -0.3 is 10.1 Å². The fraction of sp³-hybridized carbons (Fsp3) is 0.278. The second-order valence-electron chi connectivity index (χ2n) is 6.28. The molecule has 114 valence electrons. The van der Waals surface area contributed by atoms with Crippen LogP contribution < -0.4 is 10.1 Å². The average molecular weight is 312 g/mol. The summed E-state index contributed by atoms with van der Waals surface area (Å²) in [5.74, 6) is 0.926. The molecule has 0 fully saturated rings. The maximum Gasteiger partial charge on any atom is 0.188 e. The van der Waals surface area contributed by atoms with Gasteiger partial charge in [0.15, 0.2) is 5.13 Å². The van der Waals surface area contributed by atoms with Crippen LogP contribution in [0.15, 0.2) is 42.5 Å². The van der Waals surface area contributed by atoms with Crippen molar-refractivity contribution in [3.05, 3.63) is 48.0 Å². The molecule has 3 aromatic rings. The molecule has 1 heterocycles. The number of thiazole rings is 1. The van der Waals surface area contributed by atoms with Crippen molar-refractivity contribution in [2.24, 2.45) is 0 Å². The number of hydrogen-bond acceptors (Lipinski definition) is 4. The van der Waals surface area contributed by atoms with Crippen LogP contribution in [0.5, 0.6) is 5.75 Å². The number of para-hydroxylation sites is 1. The third kappa shape index (κ3) is 2.92. The zero-order valence-electron chi connectivity index (χ0n) is 13.3. The highest BCUT2D eigenvalue weighted by Crippen LogP contribution is 2.38. The molecule has 3 rings (SSSR count). The smallest absolute Gasteiger partial charge is 0.188 e. The second kappa shape index (κ2) is 5.61. The lowest BCUT2D eigenvalue weighted by Crippen LogP contribution is -2.12. The van der Waals surface area contributed by atoms with E-state index < -0.39 is 0 Å². The molecule has 2 aromatic carbocycles. The Labute approximate surface area is 135 Å². The number of ether oxygens (including phenoxy) is 1.